The minimum atomic E-state index is -4.84. The van der Waals surface area contributed by atoms with Gasteiger partial charge in [-0.05, 0) is 59.6 Å². The van der Waals surface area contributed by atoms with E-state index in [4.69, 9.17) is 0 Å². The lowest BCUT2D eigenvalue weighted by molar-refractivity contribution is -0.195. The van der Waals surface area contributed by atoms with E-state index in [1.807, 2.05) is 32.0 Å². The number of alkyl halides is 5. The van der Waals surface area contributed by atoms with Crippen molar-refractivity contribution in [2.45, 2.75) is 45.7 Å². The van der Waals surface area contributed by atoms with Crippen LogP contribution in [0.1, 0.15) is 35.4 Å². The zero-order valence-corrected chi connectivity index (χ0v) is 22.2. The van der Waals surface area contributed by atoms with Gasteiger partial charge < -0.3 is 0 Å². The minimum Gasteiger partial charge on any atom is -0.235 e. The van der Waals surface area contributed by atoms with Crippen LogP contribution in [-0.4, -0.2) is 18.0 Å². The third-order valence-corrected chi connectivity index (χ3v) is 6.32. The minimum absolute atomic E-state index is 0.0749. The molecule has 3 aromatic rings. The Bertz CT molecular complexity index is 1190. The van der Waals surface area contributed by atoms with Crippen LogP contribution in [0.3, 0.4) is 0 Å². The average molecular weight is 537 g/mol. The van der Waals surface area contributed by atoms with Gasteiger partial charge in [0.15, 0.2) is 6.17 Å². The SMILES string of the molecule is CC.Cc1ccccc1.Cc1sccc1C1=C(C(/C=C\S)=C\c2ccccc2)C(F)(F)C(F)(F)C1F. The van der Waals surface area contributed by atoms with E-state index in [9.17, 15) is 22.0 Å². The molecular weight excluding hydrogens is 507 g/mol. The molecule has 192 valence electrons. The molecular formula is C29H29F5S2. The Morgan fingerprint density at radius 1 is 0.889 bits per heavy atom. The van der Waals surface area contributed by atoms with Gasteiger partial charge in [0.05, 0.1) is 0 Å². The number of aryl methyl sites for hydroxylation is 2. The zero-order valence-electron chi connectivity index (χ0n) is 20.5. The Labute approximate surface area is 219 Å². The lowest BCUT2D eigenvalue weighted by atomic mass is 9.94. The van der Waals surface area contributed by atoms with E-state index in [0.29, 0.717) is 10.4 Å². The molecule has 1 unspecified atom stereocenters. The molecule has 1 atom stereocenters. The van der Waals surface area contributed by atoms with Gasteiger partial charge in [0, 0.05) is 16.0 Å². The first-order chi connectivity index (χ1) is 17.1. The maximum Gasteiger partial charge on any atom is 0.349 e. The fourth-order valence-electron chi connectivity index (χ4n) is 3.62. The van der Waals surface area contributed by atoms with Crippen LogP contribution in [0.25, 0.3) is 11.6 Å². The summed E-state index contributed by atoms with van der Waals surface area (Å²) in [7, 11) is 0. The molecule has 1 aliphatic carbocycles. The summed E-state index contributed by atoms with van der Waals surface area (Å²) in [6, 6.07) is 20.0. The molecule has 1 aromatic heterocycles. The Balaban J connectivity index is 0.000000431. The van der Waals surface area contributed by atoms with Crippen LogP contribution >= 0.6 is 24.0 Å². The summed E-state index contributed by atoms with van der Waals surface area (Å²) in [5.41, 5.74) is 0.0391. The van der Waals surface area contributed by atoms with Crippen LogP contribution in [0, 0.1) is 13.8 Å². The van der Waals surface area contributed by atoms with Gasteiger partial charge in [-0.15, -0.1) is 11.3 Å². The van der Waals surface area contributed by atoms with Crippen molar-refractivity contribution in [3.05, 3.63) is 116 Å². The smallest absolute Gasteiger partial charge is 0.235 e. The molecule has 1 heterocycles. The highest BCUT2D eigenvalue weighted by Crippen LogP contribution is 2.58. The third-order valence-electron chi connectivity index (χ3n) is 5.33. The topological polar surface area (TPSA) is 0 Å². The van der Waals surface area contributed by atoms with Crippen molar-refractivity contribution in [3.8, 4) is 0 Å². The van der Waals surface area contributed by atoms with Gasteiger partial charge in [0.1, 0.15) is 0 Å². The summed E-state index contributed by atoms with van der Waals surface area (Å²) in [5.74, 6) is -9.50. The number of hydrogen-bond acceptors (Lipinski definition) is 2. The second kappa shape index (κ2) is 13.1. The lowest BCUT2D eigenvalue weighted by Crippen LogP contribution is -2.43. The highest BCUT2D eigenvalue weighted by Gasteiger charge is 2.71. The average Bonchev–Trinajstić information content (AvgIpc) is 3.34. The van der Waals surface area contributed by atoms with Crippen molar-refractivity contribution >= 4 is 35.6 Å². The van der Waals surface area contributed by atoms with Gasteiger partial charge in [-0.3, -0.25) is 0 Å². The Morgan fingerprint density at radius 2 is 1.44 bits per heavy atom. The van der Waals surface area contributed by atoms with E-state index in [1.54, 1.807) is 42.6 Å². The predicted octanol–water partition coefficient (Wildman–Crippen LogP) is 9.98. The number of thiol groups is 1. The molecule has 1 aliphatic rings. The van der Waals surface area contributed by atoms with Crippen LogP contribution in [0.15, 0.2) is 94.7 Å². The largest absolute Gasteiger partial charge is 0.349 e. The summed E-state index contributed by atoms with van der Waals surface area (Å²) in [4.78, 5) is 0.493. The Morgan fingerprint density at radius 3 is 1.89 bits per heavy atom. The van der Waals surface area contributed by atoms with E-state index in [2.05, 4.69) is 31.7 Å². The number of thiophene rings is 1. The summed E-state index contributed by atoms with van der Waals surface area (Å²) in [6.07, 6.45) is -0.607. The molecule has 0 fully saturated rings. The molecule has 0 saturated carbocycles. The molecule has 0 amide bonds. The van der Waals surface area contributed by atoms with Gasteiger partial charge in [0.2, 0.25) is 0 Å². The molecule has 0 radical (unpaired) electrons. The van der Waals surface area contributed by atoms with Crippen molar-refractivity contribution in [1.29, 1.82) is 0 Å². The Hall–Kier alpha value is -2.64. The predicted molar refractivity (Wildman–Crippen MR) is 146 cm³/mol. The highest BCUT2D eigenvalue weighted by atomic mass is 32.1. The van der Waals surface area contributed by atoms with E-state index in [-0.39, 0.29) is 11.1 Å². The van der Waals surface area contributed by atoms with Crippen LogP contribution in [-0.2, 0) is 0 Å². The molecule has 0 aliphatic heterocycles. The van der Waals surface area contributed by atoms with Gasteiger partial charge in [-0.1, -0.05) is 80.1 Å². The Kier molecular flexibility index (Phi) is 10.7. The van der Waals surface area contributed by atoms with Crippen molar-refractivity contribution in [2.24, 2.45) is 0 Å². The van der Waals surface area contributed by atoms with Crippen molar-refractivity contribution in [3.63, 3.8) is 0 Å². The number of benzene rings is 2. The highest BCUT2D eigenvalue weighted by molar-refractivity contribution is 7.83. The fraction of sp³-hybridized carbons (Fsp3) is 0.241. The zero-order chi connectivity index (χ0) is 26.9. The summed E-state index contributed by atoms with van der Waals surface area (Å²) in [6.45, 7) is 7.67. The summed E-state index contributed by atoms with van der Waals surface area (Å²) in [5, 5.41) is 2.73. The molecule has 0 spiro atoms. The molecule has 4 rings (SSSR count). The van der Waals surface area contributed by atoms with Crippen LogP contribution in [0.2, 0.25) is 0 Å². The molecule has 0 bridgehead atoms. The first-order valence-corrected chi connectivity index (χ1v) is 12.8. The first-order valence-electron chi connectivity index (χ1n) is 11.4. The van der Waals surface area contributed by atoms with Gasteiger partial charge >= 0.3 is 11.8 Å². The molecule has 0 nitrogen and oxygen atoms in total. The van der Waals surface area contributed by atoms with E-state index in [1.165, 1.54) is 40.5 Å². The van der Waals surface area contributed by atoms with Gasteiger partial charge in [0.25, 0.3) is 0 Å². The van der Waals surface area contributed by atoms with E-state index < -0.39 is 29.2 Å². The number of hydrogen-bond donors (Lipinski definition) is 1. The maximum atomic E-state index is 14.7. The van der Waals surface area contributed by atoms with E-state index in [0.717, 1.165) is 0 Å². The fourth-order valence-corrected chi connectivity index (χ4v) is 4.50. The standard InChI is InChI=1S/C20H15F5S2.C7H8.C2H6/c1-12-15(8-10-27-12)16-17(19(22,23)20(24,25)18(16)21)14(7-9-26)11-13-5-3-2-4-6-13;1-7-5-3-2-4-6-7;1-2/h2-11,18,26H,1H3;2-6H,1H3;1-2H3/b9-7-,14-11-;;. The summed E-state index contributed by atoms with van der Waals surface area (Å²) >= 11 is 5.08. The maximum absolute atomic E-state index is 14.7. The van der Waals surface area contributed by atoms with E-state index >= 15 is 0 Å². The second-order valence-corrected chi connectivity index (χ2v) is 9.14. The number of allylic oxidation sites excluding steroid dienone is 4. The molecule has 7 heteroatoms. The number of rotatable bonds is 4. The number of halogens is 5. The molecule has 0 N–H and O–H groups in total. The quantitative estimate of drug-likeness (QED) is 0.191. The van der Waals surface area contributed by atoms with Gasteiger partial charge in [-0.25, -0.2) is 4.39 Å². The van der Waals surface area contributed by atoms with Crippen LogP contribution in [0.5, 0.6) is 0 Å². The molecule has 36 heavy (non-hydrogen) atoms. The molecule has 0 saturated heterocycles. The monoisotopic (exact) mass is 536 g/mol. The van der Waals surface area contributed by atoms with Gasteiger partial charge in [-0.2, -0.15) is 30.2 Å². The molecule has 2 aromatic carbocycles. The van der Waals surface area contributed by atoms with Crippen molar-refractivity contribution in [2.75, 3.05) is 0 Å². The third kappa shape index (κ3) is 6.37. The van der Waals surface area contributed by atoms with Crippen LogP contribution < -0.4 is 0 Å². The first kappa shape index (κ1) is 29.6. The van der Waals surface area contributed by atoms with Crippen LogP contribution in [0.4, 0.5) is 22.0 Å². The summed E-state index contributed by atoms with van der Waals surface area (Å²) < 4.78 is 72.6. The van der Waals surface area contributed by atoms with Crippen molar-refractivity contribution in [1.82, 2.24) is 0 Å². The second-order valence-electron chi connectivity index (χ2n) is 7.72. The lowest BCUT2D eigenvalue weighted by Gasteiger charge is -2.23. The van der Waals surface area contributed by atoms with Crippen molar-refractivity contribution < 1.29 is 22.0 Å². The normalized spacial score (nSPS) is 18.4.